The molecule has 0 radical (unpaired) electrons. The molecule has 0 unspecified atom stereocenters. The highest BCUT2D eigenvalue weighted by molar-refractivity contribution is 5.96. The lowest BCUT2D eigenvalue weighted by Crippen LogP contribution is -2.33. The van der Waals surface area contributed by atoms with E-state index in [-0.39, 0.29) is 23.6 Å². The molecule has 0 aliphatic heterocycles. The van der Waals surface area contributed by atoms with E-state index in [1.54, 1.807) is 0 Å². The van der Waals surface area contributed by atoms with E-state index in [2.05, 4.69) is 15.6 Å². The average Bonchev–Trinajstić information content (AvgIpc) is 2.25. The summed E-state index contributed by atoms with van der Waals surface area (Å²) in [5.41, 5.74) is 10.5. The van der Waals surface area contributed by atoms with Crippen molar-refractivity contribution in [3.8, 4) is 0 Å². The quantitative estimate of drug-likeness (QED) is 0.436. The Hall–Kier alpha value is -2.51. The Labute approximate surface area is 97.0 Å². The fourth-order valence-corrected chi connectivity index (χ4v) is 1.17. The van der Waals surface area contributed by atoms with Gasteiger partial charge in [-0.2, -0.15) is 0 Å². The number of primary amides is 1. The number of anilines is 2. The van der Waals surface area contributed by atoms with Crippen molar-refractivity contribution in [2.45, 2.75) is 0 Å². The first-order chi connectivity index (χ1) is 8.02. The molecule has 8 heteroatoms. The number of hydrogen-bond donors (Lipinski definition) is 5. The van der Waals surface area contributed by atoms with Gasteiger partial charge in [-0.25, -0.2) is 14.6 Å². The second-order valence-corrected chi connectivity index (χ2v) is 3.14. The average molecular weight is 239 g/mol. The molecule has 0 fully saturated rings. The van der Waals surface area contributed by atoms with Crippen molar-refractivity contribution < 1.29 is 14.7 Å². The first-order valence-corrected chi connectivity index (χ1v) is 4.77. The Morgan fingerprint density at radius 1 is 1.41 bits per heavy atom. The predicted molar refractivity (Wildman–Crippen MR) is 61.7 cm³/mol. The highest BCUT2D eigenvalue weighted by Gasteiger charge is 2.11. The van der Waals surface area contributed by atoms with Gasteiger partial charge in [0.1, 0.15) is 5.82 Å². The van der Waals surface area contributed by atoms with Gasteiger partial charge in [0, 0.05) is 19.3 Å². The largest absolute Gasteiger partial charge is 0.478 e. The Morgan fingerprint density at radius 2 is 2.12 bits per heavy atom. The normalized spacial score (nSPS) is 9.65. The van der Waals surface area contributed by atoms with Crippen molar-refractivity contribution >= 4 is 23.5 Å². The number of nitrogens with zero attached hydrogens (tertiary/aromatic N) is 1. The third-order valence-electron chi connectivity index (χ3n) is 1.94. The molecule has 1 heterocycles. The summed E-state index contributed by atoms with van der Waals surface area (Å²) in [6.07, 6.45) is 1.34. The van der Waals surface area contributed by atoms with Crippen LogP contribution in [0.25, 0.3) is 0 Å². The Balaban J connectivity index is 2.62. The number of nitrogen functional groups attached to an aromatic ring is 1. The van der Waals surface area contributed by atoms with Crippen molar-refractivity contribution in [1.29, 1.82) is 0 Å². The molecule has 8 nitrogen and oxygen atoms in total. The van der Waals surface area contributed by atoms with E-state index in [4.69, 9.17) is 16.6 Å². The van der Waals surface area contributed by atoms with E-state index in [1.807, 2.05) is 0 Å². The number of hydrogen-bond acceptors (Lipinski definition) is 5. The SMILES string of the molecule is NC(=O)NCCNc1nccc(C(=O)O)c1N. The molecule has 0 aromatic carbocycles. The molecule has 0 atom stereocenters. The van der Waals surface area contributed by atoms with E-state index in [0.717, 1.165) is 0 Å². The van der Waals surface area contributed by atoms with Gasteiger partial charge in [-0.15, -0.1) is 0 Å². The number of urea groups is 1. The van der Waals surface area contributed by atoms with Gasteiger partial charge >= 0.3 is 12.0 Å². The highest BCUT2D eigenvalue weighted by Crippen LogP contribution is 2.19. The lowest BCUT2D eigenvalue weighted by molar-refractivity contribution is 0.0698. The molecule has 0 saturated carbocycles. The topological polar surface area (TPSA) is 143 Å². The van der Waals surface area contributed by atoms with Gasteiger partial charge in [0.05, 0.1) is 11.3 Å². The van der Waals surface area contributed by atoms with Crippen LogP contribution in [-0.4, -0.2) is 35.2 Å². The second-order valence-electron chi connectivity index (χ2n) is 3.14. The number of carbonyl (C=O) groups is 2. The molecule has 92 valence electrons. The molecule has 0 aliphatic carbocycles. The summed E-state index contributed by atoms with van der Waals surface area (Å²) < 4.78 is 0. The second kappa shape index (κ2) is 5.54. The number of aromatic nitrogens is 1. The Morgan fingerprint density at radius 3 is 2.71 bits per heavy atom. The standard InChI is InChI=1S/C9H13N5O3/c10-6-5(8(15)16)1-2-12-7(6)13-3-4-14-9(11)17/h1-2H,3-4,10H2,(H,12,13)(H,15,16)(H3,11,14,17). The van der Waals surface area contributed by atoms with Crippen molar-refractivity contribution in [2.24, 2.45) is 5.73 Å². The summed E-state index contributed by atoms with van der Waals surface area (Å²) in [5, 5.41) is 14.0. The van der Waals surface area contributed by atoms with Crippen LogP contribution in [0.3, 0.4) is 0 Å². The molecular formula is C9H13N5O3. The van der Waals surface area contributed by atoms with Gasteiger partial charge < -0.3 is 27.2 Å². The maximum atomic E-state index is 10.8. The van der Waals surface area contributed by atoms with Crippen LogP contribution in [0.1, 0.15) is 10.4 Å². The molecule has 0 spiro atoms. The van der Waals surface area contributed by atoms with Gasteiger partial charge in [0.25, 0.3) is 0 Å². The summed E-state index contributed by atoms with van der Waals surface area (Å²) in [6.45, 7) is 0.622. The van der Waals surface area contributed by atoms with Crippen LogP contribution in [0.5, 0.6) is 0 Å². The summed E-state index contributed by atoms with van der Waals surface area (Å²) in [7, 11) is 0. The zero-order valence-corrected chi connectivity index (χ0v) is 8.93. The minimum atomic E-state index is -1.12. The van der Waals surface area contributed by atoms with Gasteiger partial charge in [-0.1, -0.05) is 0 Å². The number of nitrogens with one attached hydrogen (secondary N) is 2. The van der Waals surface area contributed by atoms with Crippen molar-refractivity contribution in [3.05, 3.63) is 17.8 Å². The Bertz CT molecular complexity index is 435. The van der Waals surface area contributed by atoms with E-state index < -0.39 is 12.0 Å². The third-order valence-corrected chi connectivity index (χ3v) is 1.94. The number of rotatable bonds is 5. The molecule has 17 heavy (non-hydrogen) atoms. The number of carboxylic acids is 1. The zero-order valence-electron chi connectivity index (χ0n) is 8.93. The fraction of sp³-hybridized carbons (Fsp3) is 0.222. The van der Waals surface area contributed by atoms with Crippen LogP contribution >= 0.6 is 0 Å². The molecular weight excluding hydrogens is 226 g/mol. The van der Waals surface area contributed by atoms with Crippen LogP contribution in [0.4, 0.5) is 16.3 Å². The maximum Gasteiger partial charge on any atom is 0.337 e. The summed E-state index contributed by atoms with van der Waals surface area (Å²) in [6, 6.07) is 0.678. The number of aromatic carboxylic acids is 1. The first-order valence-electron chi connectivity index (χ1n) is 4.77. The predicted octanol–water partition coefficient (Wildman–Crippen LogP) is -0.558. The number of nitrogens with two attached hydrogens (primary N) is 2. The van der Waals surface area contributed by atoms with E-state index in [0.29, 0.717) is 6.54 Å². The monoisotopic (exact) mass is 239 g/mol. The van der Waals surface area contributed by atoms with Gasteiger partial charge in [-0.3, -0.25) is 0 Å². The van der Waals surface area contributed by atoms with Gasteiger partial charge in [0.2, 0.25) is 0 Å². The first kappa shape index (κ1) is 12.6. The minimum absolute atomic E-state index is 0.0228. The van der Waals surface area contributed by atoms with E-state index >= 15 is 0 Å². The molecule has 7 N–H and O–H groups in total. The van der Waals surface area contributed by atoms with Crippen LogP contribution < -0.4 is 22.1 Å². The third kappa shape index (κ3) is 3.52. The molecule has 2 amide bonds. The molecule has 1 rings (SSSR count). The molecule has 0 bridgehead atoms. The van der Waals surface area contributed by atoms with Crippen molar-refractivity contribution in [1.82, 2.24) is 10.3 Å². The summed E-state index contributed by atoms with van der Waals surface area (Å²) >= 11 is 0. The summed E-state index contributed by atoms with van der Waals surface area (Å²) in [5.74, 6) is -0.862. The van der Waals surface area contributed by atoms with Gasteiger partial charge in [-0.05, 0) is 6.07 Å². The van der Waals surface area contributed by atoms with Crippen LogP contribution in [0.15, 0.2) is 12.3 Å². The number of carbonyl (C=O) groups excluding carboxylic acids is 1. The molecule has 0 aliphatic rings. The maximum absolute atomic E-state index is 10.8. The smallest absolute Gasteiger partial charge is 0.337 e. The van der Waals surface area contributed by atoms with Crippen molar-refractivity contribution in [2.75, 3.05) is 24.1 Å². The van der Waals surface area contributed by atoms with E-state index in [9.17, 15) is 9.59 Å². The van der Waals surface area contributed by atoms with E-state index in [1.165, 1.54) is 12.3 Å². The van der Waals surface area contributed by atoms with Crippen molar-refractivity contribution in [3.63, 3.8) is 0 Å². The van der Waals surface area contributed by atoms with Crippen LogP contribution in [0, 0.1) is 0 Å². The lowest BCUT2D eigenvalue weighted by atomic mass is 10.2. The number of carboxylic acid groups (broad SMARTS) is 1. The minimum Gasteiger partial charge on any atom is -0.478 e. The molecule has 1 aromatic rings. The van der Waals surface area contributed by atoms with Crippen LogP contribution in [0.2, 0.25) is 0 Å². The van der Waals surface area contributed by atoms with Crippen LogP contribution in [-0.2, 0) is 0 Å². The number of pyridine rings is 1. The van der Waals surface area contributed by atoms with Gasteiger partial charge in [0.15, 0.2) is 0 Å². The zero-order chi connectivity index (χ0) is 12.8. The lowest BCUT2D eigenvalue weighted by Gasteiger charge is -2.09. The molecule has 1 aromatic heterocycles. The Kier molecular flexibility index (Phi) is 4.09. The number of amides is 2. The highest BCUT2D eigenvalue weighted by atomic mass is 16.4. The summed E-state index contributed by atoms with van der Waals surface area (Å²) in [4.78, 5) is 25.1. The molecule has 0 saturated heterocycles. The fourth-order valence-electron chi connectivity index (χ4n) is 1.17.